The molecule has 0 spiro atoms. The number of para-hydroxylation sites is 1. The fourth-order valence-electron chi connectivity index (χ4n) is 3.95. The topological polar surface area (TPSA) is 63.6 Å². The SMILES string of the molecule is O=C(Oc1ccccc1)c1ccc2c(c1)C1C=CCC1C(C(=O)O)C2. The lowest BCUT2D eigenvalue weighted by atomic mass is 9.70. The second-order valence-electron chi connectivity index (χ2n) is 6.62. The van der Waals surface area contributed by atoms with Crippen molar-refractivity contribution in [3.8, 4) is 5.75 Å². The Morgan fingerprint density at radius 3 is 2.64 bits per heavy atom. The van der Waals surface area contributed by atoms with Crippen LogP contribution in [0.3, 0.4) is 0 Å². The predicted octanol–water partition coefficient (Wildman–Crippen LogP) is 3.82. The Bertz CT molecular complexity index is 853. The minimum absolute atomic E-state index is 0.0642. The van der Waals surface area contributed by atoms with Gasteiger partial charge in [-0.2, -0.15) is 0 Å². The number of aliphatic carboxylic acids is 1. The van der Waals surface area contributed by atoms with Crippen molar-refractivity contribution in [2.75, 3.05) is 0 Å². The van der Waals surface area contributed by atoms with Gasteiger partial charge in [0.1, 0.15) is 5.75 Å². The van der Waals surface area contributed by atoms with Crippen LogP contribution < -0.4 is 4.74 Å². The average Bonchev–Trinajstić information content (AvgIpc) is 3.11. The van der Waals surface area contributed by atoms with Crippen LogP contribution in [0.1, 0.15) is 33.8 Å². The first-order valence-corrected chi connectivity index (χ1v) is 8.43. The Morgan fingerprint density at radius 2 is 1.88 bits per heavy atom. The molecule has 0 heterocycles. The summed E-state index contributed by atoms with van der Waals surface area (Å²) in [5.41, 5.74) is 2.56. The monoisotopic (exact) mass is 334 g/mol. The molecule has 0 aromatic heterocycles. The third-order valence-electron chi connectivity index (χ3n) is 5.18. The molecule has 4 heteroatoms. The second kappa shape index (κ2) is 6.20. The van der Waals surface area contributed by atoms with Gasteiger partial charge >= 0.3 is 11.9 Å². The Morgan fingerprint density at radius 1 is 1.08 bits per heavy atom. The molecule has 2 aromatic carbocycles. The van der Waals surface area contributed by atoms with Gasteiger partial charge in [-0.05, 0) is 54.2 Å². The van der Waals surface area contributed by atoms with Crippen LogP contribution in [0.4, 0.5) is 0 Å². The van der Waals surface area contributed by atoms with Crippen LogP contribution >= 0.6 is 0 Å². The van der Waals surface area contributed by atoms with Crippen molar-refractivity contribution in [1.82, 2.24) is 0 Å². The number of rotatable bonds is 3. The summed E-state index contributed by atoms with van der Waals surface area (Å²) >= 11 is 0. The quantitative estimate of drug-likeness (QED) is 0.526. The van der Waals surface area contributed by atoms with Crippen molar-refractivity contribution in [1.29, 1.82) is 0 Å². The number of carboxylic acids is 1. The van der Waals surface area contributed by atoms with Crippen LogP contribution in [-0.2, 0) is 11.2 Å². The Balaban J connectivity index is 1.64. The Hall–Kier alpha value is -2.88. The number of esters is 1. The lowest BCUT2D eigenvalue weighted by Gasteiger charge is -2.33. The van der Waals surface area contributed by atoms with Gasteiger partial charge in [-0.15, -0.1) is 0 Å². The molecule has 1 N–H and O–H groups in total. The van der Waals surface area contributed by atoms with Crippen LogP contribution in [-0.4, -0.2) is 17.0 Å². The average molecular weight is 334 g/mol. The Labute approximate surface area is 145 Å². The molecule has 0 bridgehead atoms. The van der Waals surface area contributed by atoms with Gasteiger partial charge in [0.25, 0.3) is 0 Å². The maximum atomic E-state index is 12.4. The van der Waals surface area contributed by atoms with E-state index in [0.29, 0.717) is 17.7 Å². The number of ether oxygens (including phenoxy) is 1. The first-order valence-electron chi connectivity index (χ1n) is 8.43. The van der Waals surface area contributed by atoms with Gasteiger partial charge in [-0.1, -0.05) is 36.4 Å². The van der Waals surface area contributed by atoms with Crippen LogP contribution in [0.25, 0.3) is 0 Å². The lowest BCUT2D eigenvalue weighted by molar-refractivity contribution is -0.144. The number of hydrogen-bond donors (Lipinski definition) is 1. The highest BCUT2D eigenvalue weighted by Crippen LogP contribution is 2.46. The van der Waals surface area contributed by atoms with Gasteiger partial charge in [0.05, 0.1) is 11.5 Å². The maximum absolute atomic E-state index is 12.4. The molecule has 2 aliphatic rings. The van der Waals surface area contributed by atoms with Gasteiger partial charge in [0.2, 0.25) is 0 Å². The van der Waals surface area contributed by atoms with Crippen molar-refractivity contribution >= 4 is 11.9 Å². The highest BCUT2D eigenvalue weighted by atomic mass is 16.5. The normalized spacial score (nSPS) is 23.6. The van der Waals surface area contributed by atoms with Gasteiger partial charge in [-0.3, -0.25) is 4.79 Å². The summed E-state index contributed by atoms with van der Waals surface area (Å²) in [5.74, 6) is -0.853. The van der Waals surface area contributed by atoms with E-state index < -0.39 is 11.9 Å². The van der Waals surface area contributed by atoms with Gasteiger partial charge in [-0.25, -0.2) is 4.79 Å². The molecule has 25 heavy (non-hydrogen) atoms. The first-order chi connectivity index (χ1) is 12.1. The fourth-order valence-corrected chi connectivity index (χ4v) is 3.95. The van der Waals surface area contributed by atoms with Crippen LogP contribution in [0.5, 0.6) is 5.75 Å². The molecule has 2 aromatic rings. The molecule has 0 fully saturated rings. The number of carbonyl (C=O) groups excluding carboxylic acids is 1. The first kappa shape index (κ1) is 15.6. The zero-order valence-corrected chi connectivity index (χ0v) is 13.6. The van der Waals surface area contributed by atoms with Crippen molar-refractivity contribution in [2.24, 2.45) is 11.8 Å². The summed E-state index contributed by atoms with van der Waals surface area (Å²) < 4.78 is 5.41. The lowest BCUT2D eigenvalue weighted by Crippen LogP contribution is -2.32. The number of fused-ring (bicyclic) bond motifs is 3. The molecule has 4 nitrogen and oxygen atoms in total. The molecular weight excluding hydrogens is 316 g/mol. The number of allylic oxidation sites excluding steroid dienone is 2. The number of carboxylic acid groups (broad SMARTS) is 1. The van der Waals surface area contributed by atoms with Crippen molar-refractivity contribution in [2.45, 2.75) is 18.8 Å². The van der Waals surface area contributed by atoms with E-state index in [0.717, 1.165) is 17.5 Å². The molecule has 4 rings (SSSR count). The van der Waals surface area contributed by atoms with Gasteiger partial charge < -0.3 is 9.84 Å². The van der Waals surface area contributed by atoms with Gasteiger partial charge in [0.15, 0.2) is 0 Å². The molecule has 0 saturated heterocycles. The molecule has 126 valence electrons. The van der Waals surface area contributed by atoms with E-state index in [4.69, 9.17) is 4.74 Å². The number of benzene rings is 2. The number of hydrogen-bond acceptors (Lipinski definition) is 3. The second-order valence-corrected chi connectivity index (χ2v) is 6.62. The van der Waals surface area contributed by atoms with Crippen molar-refractivity contribution in [3.63, 3.8) is 0 Å². The zero-order valence-electron chi connectivity index (χ0n) is 13.6. The minimum Gasteiger partial charge on any atom is -0.481 e. The largest absolute Gasteiger partial charge is 0.481 e. The van der Waals surface area contributed by atoms with E-state index >= 15 is 0 Å². The summed E-state index contributed by atoms with van der Waals surface area (Å²) in [7, 11) is 0. The Kier molecular flexibility index (Phi) is 3.88. The maximum Gasteiger partial charge on any atom is 0.343 e. The highest BCUT2D eigenvalue weighted by molar-refractivity contribution is 5.91. The van der Waals surface area contributed by atoms with Crippen LogP contribution in [0.15, 0.2) is 60.7 Å². The summed E-state index contributed by atoms with van der Waals surface area (Å²) in [6.07, 6.45) is 5.42. The molecular formula is C21H18O4. The molecule has 3 unspecified atom stereocenters. The van der Waals surface area contributed by atoms with E-state index in [2.05, 4.69) is 12.2 Å². The molecule has 0 radical (unpaired) electrons. The van der Waals surface area contributed by atoms with E-state index in [1.54, 1.807) is 18.2 Å². The molecule has 3 atom stereocenters. The number of carbonyl (C=O) groups is 2. The van der Waals surface area contributed by atoms with E-state index in [-0.39, 0.29) is 17.8 Å². The smallest absolute Gasteiger partial charge is 0.343 e. The third-order valence-corrected chi connectivity index (χ3v) is 5.18. The fraction of sp³-hybridized carbons (Fsp3) is 0.238. The molecule has 2 aliphatic carbocycles. The molecule has 0 amide bonds. The predicted molar refractivity (Wildman–Crippen MR) is 92.7 cm³/mol. The van der Waals surface area contributed by atoms with Crippen molar-refractivity contribution < 1.29 is 19.4 Å². The molecule has 0 saturated carbocycles. The van der Waals surface area contributed by atoms with E-state index in [1.807, 2.05) is 30.3 Å². The summed E-state index contributed by atoms with van der Waals surface area (Å²) in [6, 6.07) is 14.4. The molecule has 0 aliphatic heterocycles. The zero-order chi connectivity index (χ0) is 17.4. The van der Waals surface area contributed by atoms with Crippen LogP contribution in [0.2, 0.25) is 0 Å². The van der Waals surface area contributed by atoms with E-state index in [9.17, 15) is 14.7 Å². The summed E-state index contributed by atoms with van der Waals surface area (Å²) in [4.78, 5) is 24.0. The van der Waals surface area contributed by atoms with Crippen LogP contribution in [0, 0.1) is 11.8 Å². The summed E-state index contributed by atoms with van der Waals surface area (Å²) in [6.45, 7) is 0. The third kappa shape index (κ3) is 2.84. The minimum atomic E-state index is -0.739. The van der Waals surface area contributed by atoms with Gasteiger partial charge in [0, 0.05) is 5.92 Å². The summed E-state index contributed by atoms with van der Waals surface area (Å²) in [5, 5.41) is 9.52. The van der Waals surface area contributed by atoms with Crippen molar-refractivity contribution in [3.05, 3.63) is 77.4 Å². The standard InChI is InChI=1S/C21H18O4/c22-20(23)19-11-13-9-10-14(12-18(13)16-7-4-8-17(16)19)21(24)25-15-5-2-1-3-6-15/h1-7,9-10,12,16-17,19H,8,11H2,(H,22,23). The highest BCUT2D eigenvalue weighted by Gasteiger charge is 2.40. The van der Waals surface area contributed by atoms with E-state index in [1.165, 1.54) is 0 Å².